The van der Waals surface area contributed by atoms with Crippen molar-refractivity contribution in [2.45, 2.75) is 52.5 Å². The molecular weight excluding hydrogens is 366 g/mol. The Balaban J connectivity index is 2.60. The second kappa shape index (κ2) is 9.30. The molecule has 1 heterocycles. The zero-order valence-electron chi connectivity index (χ0n) is 13.3. The van der Waals surface area contributed by atoms with Gasteiger partial charge in [-0.3, -0.25) is 9.59 Å². The van der Waals surface area contributed by atoms with E-state index in [9.17, 15) is 9.59 Å². The van der Waals surface area contributed by atoms with Crippen LogP contribution < -0.4 is 5.32 Å². The number of carbonyl (C=O) groups excluding carboxylic acids is 1. The van der Waals surface area contributed by atoms with E-state index in [4.69, 9.17) is 5.11 Å². The molecule has 1 aromatic rings. The molecule has 0 aliphatic heterocycles. The van der Waals surface area contributed by atoms with E-state index in [1.807, 2.05) is 6.07 Å². The van der Waals surface area contributed by atoms with Crippen molar-refractivity contribution in [2.75, 3.05) is 0 Å². The summed E-state index contributed by atoms with van der Waals surface area (Å²) < 4.78 is 0.887. The Labute approximate surface area is 144 Å². The van der Waals surface area contributed by atoms with E-state index in [0.717, 1.165) is 16.6 Å². The number of thiophene rings is 1. The number of hydrogen-bond acceptors (Lipinski definition) is 3. The molecule has 22 heavy (non-hydrogen) atoms. The highest BCUT2D eigenvalue weighted by Gasteiger charge is 2.20. The molecule has 6 heteroatoms. The van der Waals surface area contributed by atoms with Crippen molar-refractivity contribution in [3.63, 3.8) is 0 Å². The summed E-state index contributed by atoms with van der Waals surface area (Å²) in [7, 11) is 0. The maximum absolute atomic E-state index is 12.2. The minimum Gasteiger partial charge on any atom is -0.481 e. The Morgan fingerprint density at radius 2 is 1.95 bits per heavy atom. The quantitative estimate of drug-likeness (QED) is 0.650. The molecule has 1 aromatic heterocycles. The molecule has 0 fully saturated rings. The van der Waals surface area contributed by atoms with Crippen molar-refractivity contribution >= 4 is 39.1 Å². The maximum atomic E-state index is 12.2. The van der Waals surface area contributed by atoms with Crippen LogP contribution in [0.1, 0.15) is 56.1 Å². The fraction of sp³-hybridized carbons (Fsp3) is 0.625. The molecule has 2 unspecified atom stereocenters. The van der Waals surface area contributed by atoms with Gasteiger partial charge in [0, 0.05) is 6.04 Å². The van der Waals surface area contributed by atoms with Gasteiger partial charge in [0.2, 0.25) is 0 Å². The number of amides is 1. The van der Waals surface area contributed by atoms with E-state index in [1.54, 1.807) is 6.07 Å². The standard InChI is InChI=1S/C16H24BrNO3S/c1-4-10(2)11(3)5-6-12(9-15(19)20)18-16(21)13-7-8-14(17)22-13/h7-8,10-12H,4-6,9H2,1-3H3,(H,18,21)(H,19,20)/t10?,11?,12-/m0/s1. The fourth-order valence-corrected chi connectivity index (χ4v) is 3.57. The number of nitrogens with one attached hydrogen (secondary N) is 1. The van der Waals surface area contributed by atoms with E-state index in [-0.39, 0.29) is 18.4 Å². The SMILES string of the molecule is CCC(C)C(C)CC[C@@H](CC(=O)O)NC(=O)c1ccc(Br)s1. The average Bonchev–Trinajstić information content (AvgIpc) is 2.89. The van der Waals surface area contributed by atoms with E-state index in [0.29, 0.717) is 23.1 Å². The van der Waals surface area contributed by atoms with Gasteiger partial charge in [-0.2, -0.15) is 0 Å². The average molecular weight is 390 g/mol. The van der Waals surface area contributed by atoms with E-state index in [1.165, 1.54) is 11.3 Å². The highest BCUT2D eigenvalue weighted by molar-refractivity contribution is 9.11. The predicted molar refractivity (Wildman–Crippen MR) is 93.4 cm³/mol. The normalized spacial score (nSPS) is 15.1. The van der Waals surface area contributed by atoms with E-state index in [2.05, 4.69) is 42.0 Å². The topological polar surface area (TPSA) is 66.4 Å². The summed E-state index contributed by atoms with van der Waals surface area (Å²) in [6.07, 6.45) is 2.68. The van der Waals surface area contributed by atoms with Gasteiger partial charge in [0.25, 0.3) is 5.91 Å². The predicted octanol–water partition coefficient (Wildman–Crippen LogP) is 4.55. The van der Waals surface area contributed by atoms with Crippen LogP contribution in [0.4, 0.5) is 0 Å². The van der Waals surface area contributed by atoms with Crippen LogP contribution in [0.2, 0.25) is 0 Å². The molecule has 0 spiro atoms. The third-order valence-corrected chi connectivity index (χ3v) is 5.76. The number of rotatable bonds is 9. The maximum Gasteiger partial charge on any atom is 0.305 e. The smallest absolute Gasteiger partial charge is 0.305 e. The summed E-state index contributed by atoms with van der Waals surface area (Å²) in [5, 5.41) is 11.9. The lowest BCUT2D eigenvalue weighted by molar-refractivity contribution is -0.137. The second-order valence-electron chi connectivity index (χ2n) is 5.81. The minimum atomic E-state index is -0.881. The molecular formula is C16H24BrNO3S. The highest BCUT2D eigenvalue weighted by atomic mass is 79.9. The van der Waals surface area contributed by atoms with Gasteiger partial charge >= 0.3 is 5.97 Å². The number of aliphatic carboxylic acids is 1. The highest BCUT2D eigenvalue weighted by Crippen LogP contribution is 2.23. The number of halogens is 1. The Morgan fingerprint density at radius 3 is 2.45 bits per heavy atom. The van der Waals surface area contributed by atoms with Crippen LogP contribution in [0.25, 0.3) is 0 Å². The number of hydrogen-bond donors (Lipinski definition) is 2. The first-order valence-electron chi connectivity index (χ1n) is 7.61. The Morgan fingerprint density at radius 1 is 1.27 bits per heavy atom. The Bertz CT molecular complexity index is 503. The lowest BCUT2D eigenvalue weighted by atomic mass is 9.88. The number of carboxylic acid groups (broad SMARTS) is 1. The molecule has 0 aromatic carbocycles. The summed E-state index contributed by atoms with van der Waals surface area (Å²) >= 11 is 4.67. The third-order valence-electron chi connectivity index (χ3n) is 4.14. The van der Waals surface area contributed by atoms with Crippen LogP contribution >= 0.6 is 27.3 Å². The molecule has 0 bridgehead atoms. The molecule has 0 saturated heterocycles. The van der Waals surface area contributed by atoms with Gasteiger partial charge in [-0.15, -0.1) is 11.3 Å². The number of carboxylic acids is 1. The summed E-state index contributed by atoms with van der Waals surface area (Å²) in [5.41, 5.74) is 0. The molecule has 0 aliphatic carbocycles. The van der Waals surface area contributed by atoms with Crippen LogP contribution in [0.3, 0.4) is 0 Å². The van der Waals surface area contributed by atoms with Crippen molar-refractivity contribution in [1.82, 2.24) is 5.32 Å². The summed E-state index contributed by atoms with van der Waals surface area (Å²) in [5.74, 6) is 0.0514. The van der Waals surface area contributed by atoms with Gasteiger partial charge < -0.3 is 10.4 Å². The molecule has 124 valence electrons. The Hall–Kier alpha value is -0.880. The first-order valence-corrected chi connectivity index (χ1v) is 9.22. The van der Waals surface area contributed by atoms with Crippen LogP contribution in [0, 0.1) is 11.8 Å². The molecule has 0 saturated carbocycles. The number of carbonyl (C=O) groups is 2. The lowest BCUT2D eigenvalue weighted by Crippen LogP contribution is -2.36. The first-order chi connectivity index (χ1) is 10.3. The van der Waals surface area contributed by atoms with E-state index >= 15 is 0 Å². The van der Waals surface area contributed by atoms with Crippen molar-refractivity contribution < 1.29 is 14.7 Å². The molecule has 0 radical (unpaired) electrons. The molecule has 4 nitrogen and oxygen atoms in total. The van der Waals surface area contributed by atoms with Gasteiger partial charge in [0.1, 0.15) is 0 Å². The van der Waals surface area contributed by atoms with Crippen LogP contribution in [-0.2, 0) is 4.79 Å². The molecule has 1 amide bonds. The van der Waals surface area contributed by atoms with Crippen molar-refractivity contribution in [3.8, 4) is 0 Å². The first kappa shape index (κ1) is 19.2. The van der Waals surface area contributed by atoms with Gasteiger partial charge in [-0.25, -0.2) is 0 Å². The second-order valence-corrected chi connectivity index (χ2v) is 8.28. The van der Waals surface area contributed by atoms with Gasteiger partial charge in [0.05, 0.1) is 15.1 Å². The molecule has 1 rings (SSSR count). The van der Waals surface area contributed by atoms with Crippen molar-refractivity contribution in [3.05, 3.63) is 20.8 Å². The van der Waals surface area contributed by atoms with Crippen LogP contribution in [0.5, 0.6) is 0 Å². The van der Waals surface area contributed by atoms with Crippen LogP contribution in [-0.4, -0.2) is 23.0 Å². The largest absolute Gasteiger partial charge is 0.481 e. The zero-order valence-corrected chi connectivity index (χ0v) is 15.7. The van der Waals surface area contributed by atoms with Crippen molar-refractivity contribution in [1.29, 1.82) is 0 Å². The van der Waals surface area contributed by atoms with Gasteiger partial charge in [-0.05, 0) is 52.7 Å². The Kier molecular flexibility index (Phi) is 8.10. The molecule has 2 N–H and O–H groups in total. The third kappa shape index (κ3) is 6.48. The van der Waals surface area contributed by atoms with Gasteiger partial charge in [-0.1, -0.05) is 27.2 Å². The fourth-order valence-electron chi connectivity index (χ4n) is 2.28. The van der Waals surface area contributed by atoms with Crippen LogP contribution in [0.15, 0.2) is 15.9 Å². The van der Waals surface area contributed by atoms with Crippen molar-refractivity contribution in [2.24, 2.45) is 11.8 Å². The molecule has 3 atom stereocenters. The summed E-state index contributed by atoms with van der Waals surface area (Å²) in [4.78, 5) is 23.8. The summed E-state index contributed by atoms with van der Waals surface area (Å²) in [6.45, 7) is 6.55. The molecule has 0 aliphatic rings. The monoisotopic (exact) mass is 389 g/mol. The minimum absolute atomic E-state index is 0.0362. The summed E-state index contributed by atoms with van der Waals surface area (Å²) in [6, 6.07) is 3.23. The lowest BCUT2D eigenvalue weighted by Gasteiger charge is -2.22. The zero-order chi connectivity index (χ0) is 16.7. The van der Waals surface area contributed by atoms with E-state index < -0.39 is 5.97 Å². The van der Waals surface area contributed by atoms with Gasteiger partial charge in [0.15, 0.2) is 0 Å².